The number of hydrogen-bond acceptors (Lipinski definition) is 6. The number of piperidine rings is 1. The van der Waals surface area contributed by atoms with Crippen LogP contribution in [0.1, 0.15) is 25.3 Å². The summed E-state index contributed by atoms with van der Waals surface area (Å²) < 4.78 is 7.40. The zero-order valence-corrected chi connectivity index (χ0v) is 19.8. The number of benzene rings is 1. The molecule has 1 aliphatic heterocycles. The Bertz CT molecular complexity index is 1200. The van der Waals surface area contributed by atoms with Gasteiger partial charge in [-0.15, -0.1) is 0 Å². The lowest BCUT2D eigenvalue weighted by Crippen LogP contribution is -2.59. The van der Waals surface area contributed by atoms with Crippen molar-refractivity contribution in [3.05, 3.63) is 48.3 Å². The molecule has 0 radical (unpaired) electrons. The zero-order chi connectivity index (χ0) is 24.3. The van der Waals surface area contributed by atoms with Crippen molar-refractivity contribution in [3.63, 3.8) is 0 Å². The second-order valence-corrected chi connectivity index (χ2v) is 8.97. The molecule has 0 spiro atoms. The lowest BCUT2D eigenvalue weighted by molar-refractivity contribution is 0.151. The Hall–Kier alpha value is -3.77. The standard InChI is InChI=1S/C25H30N6O3/c1-4-34-21-13-22(23-19(14-26)15-27-31(23)16-21)18-5-7-20(8-6-18)30-11-9-25(10-12-30,17-29(2)3)28-24(32)33/h5-8,13,15-16,28H,4,9-12,17H2,1-3H3,(H,32,33). The number of nitrogens with zero attached hydrogens (tertiary/aromatic N) is 5. The number of amides is 1. The van der Waals surface area contributed by atoms with Crippen molar-refractivity contribution in [3.8, 4) is 22.9 Å². The molecule has 9 nitrogen and oxygen atoms in total. The third-order valence-corrected chi connectivity index (χ3v) is 6.27. The highest BCUT2D eigenvalue weighted by atomic mass is 16.5. The molecule has 0 bridgehead atoms. The summed E-state index contributed by atoms with van der Waals surface area (Å²) in [7, 11) is 3.93. The van der Waals surface area contributed by atoms with Gasteiger partial charge in [0.05, 0.1) is 35.6 Å². The molecular formula is C25H30N6O3. The number of anilines is 1. The van der Waals surface area contributed by atoms with Crippen molar-refractivity contribution in [2.45, 2.75) is 25.3 Å². The number of nitrogens with one attached hydrogen (secondary N) is 1. The van der Waals surface area contributed by atoms with Gasteiger partial charge < -0.3 is 25.0 Å². The number of hydrogen-bond donors (Lipinski definition) is 2. The van der Waals surface area contributed by atoms with Crippen molar-refractivity contribution in [1.82, 2.24) is 19.8 Å². The Morgan fingerprint density at radius 2 is 2.00 bits per heavy atom. The topological polar surface area (TPSA) is 106 Å². The summed E-state index contributed by atoms with van der Waals surface area (Å²) >= 11 is 0. The maximum atomic E-state index is 11.4. The molecule has 1 aliphatic rings. The van der Waals surface area contributed by atoms with Crippen LogP contribution in [-0.4, -0.2) is 71.6 Å². The fourth-order valence-corrected chi connectivity index (χ4v) is 4.84. The molecule has 0 unspecified atom stereocenters. The first-order valence-electron chi connectivity index (χ1n) is 11.4. The number of fused-ring (bicyclic) bond motifs is 1. The molecule has 1 fully saturated rings. The average molecular weight is 463 g/mol. The van der Waals surface area contributed by atoms with Gasteiger partial charge in [0.15, 0.2) is 0 Å². The van der Waals surface area contributed by atoms with Crippen LogP contribution in [0.4, 0.5) is 10.5 Å². The highest BCUT2D eigenvalue weighted by Gasteiger charge is 2.36. The van der Waals surface area contributed by atoms with Crippen molar-refractivity contribution < 1.29 is 14.6 Å². The van der Waals surface area contributed by atoms with Crippen LogP contribution in [0, 0.1) is 11.3 Å². The van der Waals surface area contributed by atoms with Crippen LogP contribution < -0.4 is 15.0 Å². The molecular weight excluding hydrogens is 432 g/mol. The molecule has 34 heavy (non-hydrogen) atoms. The predicted octanol–water partition coefficient (Wildman–Crippen LogP) is 3.44. The van der Waals surface area contributed by atoms with Crippen LogP contribution in [0.2, 0.25) is 0 Å². The van der Waals surface area contributed by atoms with Crippen molar-refractivity contribution in [2.24, 2.45) is 0 Å². The van der Waals surface area contributed by atoms with E-state index in [1.54, 1.807) is 16.9 Å². The maximum absolute atomic E-state index is 11.4. The van der Waals surface area contributed by atoms with Gasteiger partial charge in [-0.1, -0.05) is 12.1 Å². The molecule has 2 N–H and O–H groups in total. The van der Waals surface area contributed by atoms with E-state index >= 15 is 0 Å². The van der Waals surface area contributed by atoms with E-state index in [0.717, 1.165) is 48.3 Å². The minimum Gasteiger partial charge on any atom is -0.492 e. The van der Waals surface area contributed by atoms with Crippen LogP contribution in [0.5, 0.6) is 5.75 Å². The lowest BCUT2D eigenvalue weighted by Gasteiger charge is -2.43. The molecule has 0 saturated carbocycles. The summed E-state index contributed by atoms with van der Waals surface area (Å²) in [5.41, 5.74) is 3.78. The minimum atomic E-state index is -0.975. The number of carboxylic acid groups (broad SMARTS) is 1. The molecule has 1 amide bonds. The summed E-state index contributed by atoms with van der Waals surface area (Å²) in [6, 6.07) is 12.4. The van der Waals surface area contributed by atoms with Gasteiger partial charge in [-0.25, -0.2) is 9.31 Å². The smallest absolute Gasteiger partial charge is 0.405 e. The Morgan fingerprint density at radius 3 is 2.59 bits per heavy atom. The van der Waals surface area contributed by atoms with Crippen LogP contribution in [0.3, 0.4) is 0 Å². The first-order valence-corrected chi connectivity index (χ1v) is 11.4. The highest BCUT2D eigenvalue weighted by Crippen LogP contribution is 2.33. The fourth-order valence-electron chi connectivity index (χ4n) is 4.84. The number of likely N-dealkylation sites (N-methyl/N-ethyl adjacent to an activating group) is 1. The molecule has 178 valence electrons. The molecule has 0 aliphatic carbocycles. The number of aromatic nitrogens is 2. The fraction of sp³-hybridized carbons (Fsp3) is 0.400. The van der Waals surface area contributed by atoms with E-state index in [4.69, 9.17) is 4.74 Å². The van der Waals surface area contributed by atoms with Crippen LogP contribution in [0.25, 0.3) is 16.6 Å². The van der Waals surface area contributed by atoms with Gasteiger partial charge >= 0.3 is 6.09 Å². The van der Waals surface area contributed by atoms with E-state index in [2.05, 4.69) is 33.5 Å². The Morgan fingerprint density at radius 1 is 1.29 bits per heavy atom. The van der Waals surface area contributed by atoms with Crippen LogP contribution in [-0.2, 0) is 0 Å². The van der Waals surface area contributed by atoms with E-state index < -0.39 is 11.6 Å². The molecule has 1 saturated heterocycles. The van der Waals surface area contributed by atoms with Gasteiger partial charge in [0.1, 0.15) is 11.8 Å². The molecule has 3 aromatic rings. The van der Waals surface area contributed by atoms with Gasteiger partial charge in [0, 0.05) is 30.9 Å². The van der Waals surface area contributed by atoms with Gasteiger partial charge in [-0.2, -0.15) is 10.4 Å². The average Bonchev–Trinajstić information content (AvgIpc) is 3.21. The van der Waals surface area contributed by atoms with Gasteiger partial charge in [0.25, 0.3) is 0 Å². The molecule has 2 aromatic heterocycles. The monoisotopic (exact) mass is 462 g/mol. The van der Waals surface area contributed by atoms with Crippen molar-refractivity contribution in [1.29, 1.82) is 5.26 Å². The molecule has 0 atom stereocenters. The minimum absolute atomic E-state index is 0.438. The number of nitriles is 1. The quantitative estimate of drug-likeness (QED) is 0.554. The van der Waals surface area contributed by atoms with Crippen LogP contribution in [0.15, 0.2) is 42.7 Å². The predicted molar refractivity (Wildman–Crippen MR) is 130 cm³/mol. The summed E-state index contributed by atoms with van der Waals surface area (Å²) in [4.78, 5) is 15.7. The van der Waals surface area contributed by atoms with Gasteiger partial charge in [-0.05, 0) is 57.6 Å². The molecule has 4 rings (SSSR count). The second kappa shape index (κ2) is 9.61. The highest BCUT2D eigenvalue weighted by molar-refractivity contribution is 5.85. The van der Waals surface area contributed by atoms with E-state index in [9.17, 15) is 15.2 Å². The van der Waals surface area contributed by atoms with E-state index in [1.165, 1.54) is 0 Å². The Balaban J connectivity index is 1.58. The number of pyridine rings is 1. The molecule has 1 aromatic carbocycles. The SMILES string of the molecule is CCOc1cc(-c2ccc(N3CCC(CN(C)C)(NC(=O)O)CC3)cc2)c2c(C#N)cnn2c1. The second-order valence-electron chi connectivity index (χ2n) is 8.97. The van der Waals surface area contributed by atoms with Gasteiger partial charge in [-0.3, -0.25) is 0 Å². The van der Waals surface area contributed by atoms with Gasteiger partial charge in [0.2, 0.25) is 0 Å². The first kappa shape index (κ1) is 23.4. The third-order valence-electron chi connectivity index (χ3n) is 6.27. The normalized spacial score (nSPS) is 15.3. The number of ether oxygens (including phenoxy) is 1. The van der Waals surface area contributed by atoms with Crippen molar-refractivity contribution in [2.75, 3.05) is 45.2 Å². The largest absolute Gasteiger partial charge is 0.492 e. The Kier molecular flexibility index (Phi) is 6.61. The van der Waals surface area contributed by atoms with E-state index in [0.29, 0.717) is 24.5 Å². The summed E-state index contributed by atoms with van der Waals surface area (Å²) in [6.07, 6.45) is 3.85. The number of rotatable bonds is 7. The summed E-state index contributed by atoms with van der Waals surface area (Å²) in [5, 5.41) is 26.0. The number of carbonyl (C=O) groups is 1. The molecule has 3 heterocycles. The first-order chi connectivity index (χ1) is 16.3. The van der Waals surface area contributed by atoms with E-state index in [-0.39, 0.29) is 0 Å². The summed E-state index contributed by atoms with van der Waals surface area (Å²) in [5.74, 6) is 0.695. The van der Waals surface area contributed by atoms with Crippen LogP contribution >= 0.6 is 0 Å². The summed E-state index contributed by atoms with van der Waals surface area (Å²) in [6.45, 7) is 4.67. The maximum Gasteiger partial charge on any atom is 0.405 e. The molecule has 9 heteroatoms. The van der Waals surface area contributed by atoms with Crippen molar-refractivity contribution >= 4 is 17.3 Å². The lowest BCUT2D eigenvalue weighted by atomic mass is 9.86. The van der Waals surface area contributed by atoms with E-state index in [1.807, 2.05) is 44.1 Å². The zero-order valence-electron chi connectivity index (χ0n) is 19.8. The third kappa shape index (κ3) is 4.77. The Labute approximate surface area is 199 Å².